The molecule has 3 rings (SSSR count). The number of carbonyl (C=O) groups excluding carboxylic acids is 3. The van der Waals surface area contributed by atoms with Gasteiger partial charge in [0.25, 0.3) is 11.8 Å². The summed E-state index contributed by atoms with van der Waals surface area (Å²) in [5.74, 6) is -1.88. The minimum atomic E-state index is -0.640. The third kappa shape index (κ3) is 4.45. The Labute approximate surface area is 160 Å². The van der Waals surface area contributed by atoms with Crippen LogP contribution in [-0.4, -0.2) is 22.6 Å². The van der Waals surface area contributed by atoms with Gasteiger partial charge in [-0.3, -0.25) is 14.4 Å². The van der Waals surface area contributed by atoms with Gasteiger partial charge in [0, 0.05) is 11.3 Å². The van der Waals surface area contributed by atoms with E-state index in [-0.39, 0.29) is 22.9 Å². The van der Waals surface area contributed by atoms with Crippen molar-refractivity contribution >= 4 is 29.0 Å². The van der Waals surface area contributed by atoms with E-state index in [1.54, 1.807) is 30.3 Å². The normalized spacial score (nSPS) is 10.2. The summed E-state index contributed by atoms with van der Waals surface area (Å²) in [6.07, 6.45) is 0. The van der Waals surface area contributed by atoms with E-state index in [0.717, 1.165) is 0 Å². The molecule has 0 aliphatic carbocycles. The summed E-state index contributed by atoms with van der Waals surface area (Å²) in [5, 5.41) is 5.05. The molecule has 1 aromatic heterocycles. The van der Waals surface area contributed by atoms with Crippen molar-refractivity contribution in [2.75, 3.05) is 10.6 Å². The van der Waals surface area contributed by atoms with Crippen molar-refractivity contribution in [1.29, 1.82) is 0 Å². The number of carbonyl (C=O) groups is 3. The van der Waals surface area contributed by atoms with E-state index in [0.29, 0.717) is 11.3 Å². The van der Waals surface area contributed by atoms with Crippen LogP contribution in [0.2, 0.25) is 0 Å². The number of benzene rings is 2. The fourth-order valence-corrected chi connectivity index (χ4v) is 2.45. The van der Waals surface area contributed by atoms with Gasteiger partial charge < -0.3 is 10.6 Å². The van der Waals surface area contributed by atoms with Crippen LogP contribution in [-0.2, 0) is 0 Å². The Bertz CT molecular complexity index is 1070. The highest BCUT2D eigenvalue weighted by atomic mass is 19.1. The summed E-state index contributed by atoms with van der Waals surface area (Å²) in [6.45, 7) is 1.43. The molecule has 0 saturated carbocycles. The Balaban J connectivity index is 1.76. The number of para-hydroxylation sites is 1. The number of hydrogen-bond donors (Lipinski definition) is 2. The van der Waals surface area contributed by atoms with E-state index < -0.39 is 17.6 Å². The van der Waals surface area contributed by atoms with E-state index in [9.17, 15) is 18.8 Å². The van der Waals surface area contributed by atoms with Gasteiger partial charge in [0.1, 0.15) is 17.2 Å². The molecule has 0 bridgehead atoms. The number of nitrogens with one attached hydrogen (secondary N) is 2. The maximum absolute atomic E-state index is 13.7. The number of ketones is 1. The zero-order chi connectivity index (χ0) is 20.1. The molecule has 6 nitrogen and oxygen atoms in total. The summed E-state index contributed by atoms with van der Waals surface area (Å²) in [4.78, 5) is 40.2. The molecule has 1 heterocycles. The van der Waals surface area contributed by atoms with Crippen LogP contribution in [0, 0.1) is 5.82 Å². The molecule has 0 fully saturated rings. The molecule has 2 amide bonds. The van der Waals surface area contributed by atoms with Crippen molar-refractivity contribution < 1.29 is 18.8 Å². The van der Waals surface area contributed by atoms with E-state index >= 15 is 0 Å². The van der Waals surface area contributed by atoms with Crippen LogP contribution in [0.3, 0.4) is 0 Å². The van der Waals surface area contributed by atoms with Crippen LogP contribution in [0.5, 0.6) is 0 Å². The van der Waals surface area contributed by atoms with E-state index in [1.807, 2.05) is 0 Å². The Kier molecular flexibility index (Phi) is 5.55. The molecule has 7 heteroatoms. The molecule has 140 valence electrons. The lowest BCUT2D eigenvalue weighted by atomic mass is 10.1. The average Bonchev–Trinajstić information content (AvgIpc) is 2.70. The van der Waals surface area contributed by atoms with Gasteiger partial charge in [-0.25, -0.2) is 9.37 Å². The molecular formula is C21H16FN3O3. The molecule has 3 aromatic rings. The smallest absolute Gasteiger partial charge is 0.274 e. The number of nitrogens with zero attached hydrogens (tertiary/aromatic N) is 1. The monoisotopic (exact) mass is 377 g/mol. The average molecular weight is 377 g/mol. The highest BCUT2D eigenvalue weighted by Crippen LogP contribution is 2.15. The molecule has 2 aromatic carbocycles. The van der Waals surface area contributed by atoms with Crippen LogP contribution < -0.4 is 10.6 Å². The van der Waals surface area contributed by atoms with Gasteiger partial charge in [-0.2, -0.15) is 0 Å². The first kappa shape index (κ1) is 18.9. The van der Waals surface area contributed by atoms with E-state index in [2.05, 4.69) is 15.6 Å². The van der Waals surface area contributed by atoms with Gasteiger partial charge in [-0.1, -0.05) is 30.3 Å². The largest absolute Gasteiger partial charge is 0.321 e. The summed E-state index contributed by atoms with van der Waals surface area (Å²) in [6, 6.07) is 16.6. The number of Topliss-reactive ketones (excluding diaryl/α,β-unsaturated/α-hetero) is 1. The van der Waals surface area contributed by atoms with Crippen molar-refractivity contribution in [1.82, 2.24) is 4.98 Å². The van der Waals surface area contributed by atoms with Crippen LogP contribution in [0.25, 0.3) is 0 Å². The second-order valence-electron chi connectivity index (χ2n) is 5.93. The predicted molar refractivity (Wildman–Crippen MR) is 103 cm³/mol. The fourth-order valence-electron chi connectivity index (χ4n) is 2.45. The quantitative estimate of drug-likeness (QED) is 0.660. The SMILES string of the molecule is CC(=O)c1cccc(NC(=O)c2cccc(C(=O)Nc3ccccc3F)n2)c1. The second-order valence-corrected chi connectivity index (χ2v) is 5.93. The maximum Gasteiger partial charge on any atom is 0.274 e. The third-order valence-corrected chi connectivity index (χ3v) is 3.86. The third-order valence-electron chi connectivity index (χ3n) is 3.86. The number of pyridine rings is 1. The van der Waals surface area contributed by atoms with E-state index in [1.165, 1.54) is 43.3 Å². The Morgan fingerprint density at radius 3 is 2.14 bits per heavy atom. The number of anilines is 2. The van der Waals surface area contributed by atoms with Crippen molar-refractivity contribution in [3.8, 4) is 0 Å². The number of rotatable bonds is 5. The fraction of sp³-hybridized carbons (Fsp3) is 0.0476. The summed E-state index contributed by atoms with van der Waals surface area (Å²) >= 11 is 0. The molecule has 0 aliphatic heterocycles. The molecular weight excluding hydrogens is 361 g/mol. The van der Waals surface area contributed by atoms with Crippen molar-refractivity contribution in [3.05, 3.63) is 89.5 Å². The molecule has 28 heavy (non-hydrogen) atoms. The van der Waals surface area contributed by atoms with Gasteiger partial charge in [0.2, 0.25) is 0 Å². The summed E-state index contributed by atoms with van der Waals surface area (Å²) in [7, 11) is 0. The molecule has 0 spiro atoms. The molecule has 0 unspecified atom stereocenters. The lowest BCUT2D eigenvalue weighted by molar-refractivity contribution is 0.100. The lowest BCUT2D eigenvalue weighted by Crippen LogP contribution is -2.19. The number of aromatic nitrogens is 1. The molecule has 0 saturated heterocycles. The molecule has 0 atom stereocenters. The predicted octanol–water partition coefficient (Wildman–Crippen LogP) is 3.93. The summed E-state index contributed by atoms with van der Waals surface area (Å²) in [5.41, 5.74) is 0.887. The van der Waals surface area contributed by atoms with Crippen LogP contribution in [0.1, 0.15) is 38.3 Å². The first-order valence-corrected chi connectivity index (χ1v) is 8.39. The van der Waals surface area contributed by atoms with Crippen molar-refractivity contribution in [2.24, 2.45) is 0 Å². The Morgan fingerprint density at radius 1 is 0.821 bits per heavy atom. The molecule has 2 N–H and O–H groups in total. The van der Waals surface area contributed by atoms with Crippen LogP contribution in [0.4, 0.5) is 15.8 Å². The standard InChI is InChI=1S/C21H16FN3O3/c1-13(26)14-6-4-7-15(12-14)23-20(27)18-10-5-11-19(24-18)21(28)25-17-9-3-2-8-16(17)22/h2-12H,1H3,(H,23,27)(H,25,28). The van der Waals surface area contributed by atoms with Crippen LogP contribution in [0.15, 0.2) is 66.7 Å². The minimum absolute atomic E-state index is 0.00871. The highest BCUT2D eigenvalue weighted by molar-refractivity contribution is 6.06. The van der Waals surface area contributed by atoms with Gasteiger partial charge >= 0.3 is 0 Å². The molecule has 0 radical (unpaired) electrons. The van der Waals surface area contributed by atoms with E-state index in [4.69, 9.17) is 0 Å². The van der Waals surface area contributed by atoms with Gasteiger partial charge in [0.15, 0.2) is 5.78 Å². The van der Waals surface area contributed by atoms with Gasteiger partial charge in [-0.15, -0.1) is 0 Å². The Hall–Kier alpha value is -3.87. The minimum Gasteiger partial charge on any atom is -0.321 e. The summed E-state index contributed by atoms with van der Waals surface area (Å²) < 4.78 is 13.7. The zero-order valence-corrected chi connectivity index (χ0v) is 14.9. The Morgan fingerprint density at radius 2 is 1.46 bits per heavy atom. The number of halogens is 1. The number of hydrogen-bond acceptors (Lipinski definition) is 4. The topological polar surface area (TPSA) is 88.2 Å². The van der Waals surface area contributed by atoms with Gasteiger partial charge in [0.05, 0.1) is 5.69 Å². The highest BCUT2D eigenvalue weighted by Gasteiger charge is 2.14. The zero-order valence-electron chi connectivity index (χ0n) is 14.9. The molecule has 0 aliphatic rings. The van der Waals surface area contributed by atoms with Crippen molar-refractivity contribution in [2.45, 2.75) is 6.92 Å². The maximum atomic E-state index is 13.7. The second kappa shape index (κ2) is 8.22. The van der Waals surface area contributed by atoms with Crippen molar-refractivity contribution in [3.63, 3.8) is 0 Å². The van der Waals surface area contributed by atoms with Crippen LogP contribution >= 0.6 is 0 Å². The number of amides is 2. The first-order valence-electron chi connectivity index (χ1n) is 8.39. The lowest BCUT2D eigenvalue weighted by Gasteiger charge is -2.08. The first-order chi connectivity index (χ1) is 13.4. The van der Waals surface area contributed by atoms with Gasteiger partial charge in [-0.05, 0) is 43.3 Å².